The van der Waals surface area contributed by atoms with E-state index in [0.29, 0.717) is 42.8 Å². The van der Waals surface area contributed by atoms with Crippen molar-refractivity contribution in [1.82, 2.24) is 0 Å². The highest BCUT2D eigenvalue weighted by molar-refractivity contribution is 5.88. The molecule has 0 unspecified atom stereocenters. The lowest BCUT2D eigenvalue weighted by Crippen LogP contribution is -1.98. The summed E-state index contributed by atoms with van der Waals surface area (Å²) in [6.45, 7) is 26.5. The lowest BCUT2D eigenvalue weighted by Gasteiger charge is -2.12. The number of aromatic hydroxyl groups is 1. The van der Waals surface area contributed by atoms with Gasteiger partial charge in [-0.2, -0.15) is 0 Å². The van der Waals surface area contributed by atoms with Gasteiger partial charge in [-0.05, 0) is 112 Å². The van der Waals surface area contributed by atoms with Crippen LogP contribution in [-0.4, -0.2) is 16.8 Å². The van der Waals surface area contributed by atoms with Gasteiger partial charge >= 0.3 is 0 Å². The van der Waals surface area contributed by atoms with Gasteiger partial charge in [0.2, 0.25) is 6.79 Å². The van der Waals surface area contributed by atoms with Crippen LogP contribution in [-0.2, 0) is 6.61 Å². The number of rotatable bonds is 9. The maximum Gasteiger partial charge on any atom is 0.272 e. The number of benzene rings is 7. The number of phenols is 1. The van der Waals surface area contributed by atoms with E-state index in [2.05, 4.69) is 142 Å². The van der Waals surface area contributed by atoms with E-state index in [-0.39, 0.29) is 16.5 Å². The Morgan fingerprint density at radius 3 is 1.70 bits per heavy atom. The number of hydrogen-bond donors (Lipinski definition) is 1. The third-order valence-electron chi connectivity index (χ3n) is 11.3. The minimum absolute atomic E-state index is 0.201. The molecule has 1 N–H and O–H groups in total. The van der Waals surface area contributed by atoms with Crippen LogP contribution in [0.3, 0.4) is 0 Å². The highest BCUT2D eigenvalue weighted by Crippen LogP contribution is 2.35. The van der Waals surface area contributed by atoms with Crippen molar-refractivity contribution in [3.8, 4) is 23.0 Å². The lowest BCUT2D eigenvalue weighted by atomic mass is 9.95. The number of aryl methyl sites for hydroxylation is 2. The van der Waals surface area contributed by atoms with E-state index in [4.69, 9.17) is 14.2 Å². The average Bonchev–Trinajstić information content (AvgIpc) is 3.78. The second kappa shape index (κ2) is 25.8. The van der Waals surface area contributed by atoms with Gasteiger partial charge in [-0.15, -0.1) is 0 Å². The minimum atomic E-state index is -0.338. The van der Waals surface area contributed by atoms with Gasteiger partial charge < -0.3 is 19.3 Å². The van der Waals surface area contributed by atoms with E-state index in [9.17, 15) is 15.2 Å². The average molecular weight is 890 g/mol. The Labute approximate surface area is 394 Å². The number of nitro groups is 1. The molecule has 0 aliphatic carbocycles. The molecule has 7 aromatic carbocycles. The summed E-state index contributed by atoms with van der Waals surface area (Å²) in [4.78, 5) is 10.2. The van der Waals surface area contributed by atoms with Crippen LogP contribution in [0, 0.1) is 24.0 Å². The fourth-order valence-electron chi connectivity index (χ4n) is 7.47. The van der Waals surface area contributed by atoms with Crippen LogP contribution in [0.4, 0.5) is 5.69 Å². The molecule has 1 aliphatic rings. The summed E-state index contributed by atoms with van der Waals surface area (Å²) in [5, 5.41) is 22.7. The molecule has 8 rings (SSSR count). The molecule has 0 radical (unpaired) electrons. The fraction of sp³-hybridized carbons (Fsp3) is 0.322. The van der Waals surface area contributed by atoms with E-state index in [1.165, 1.54) is 44.8 Å². The molecule has 7 aromatic rings. The Kier molecular flexibility index (Phi) is 20.3. The predicted octanol–water partition coefficient (Wildman–Crippen LogP) is 16.7. The first-order valence-electron chi connectivity index (χ1n) is 23.1. The number of ether oxygens (including phenoxy) is 3. The second-order valence-corrected chi connectivity index (χ2v) is 18.1. The summed E-state index contributed by atoms with van der Waals surface area (Å²) < 4.78 is 16.3. The van der Waals surface area contributed by atoms with E-state index in [1.54, 1.807) is 18.2 Å². The Hall–Kier alpha value is -6.60. The lowest BCUT2D eigenvalue weighted by molar-refractivity contribution is -0.385. The highest BCUT2D eigenvalue weighted by atomic mass is 16.7. The number of nitro benzene ring substituents is 1. The standard InChI is InChI=1S/C17H20O.C13H14O.C10H12O2.C10H14.C9H11NO2/c1-13(2)16-9-10-17(14(3)11-16)18-12-15-7-5-4-6-8-15;1-9(2)13-11-6-4-3-5-10(11)7-8-12(13)14;1-7(2)8-3-4-9-10(5-8)12-6-11-9;1-8(2)10-7-5-4-6-9(10)3;1-7(2)8-5-3-4-6-9(8)10(11)12/h4-11,13H,12H2,1-3H3;3-9,14H,1-2H3;3-5,7H,6H2,1-2H3;4-8H,1-3H3;3-7H,1-2H3. The molecular weight excluding hydrogens is 819 g/mol. The number of phenolic OH excluding ortho intramolecular Hbond substituents is 1. The normalized spacial score (nSPS) is 11.2. The van der Waals surface area contributed by atoms with Crippen LogP contribution >= 0.6 is 0 Å². The summed E-state index contributed by atoms with van der Waals surface area (Å²) in [6, 6.07) is 50.1. The number of nitrogens with zero attached hydrogens (tertiary/aromatic N) is 1. The second-order valence-electron chi connectivity index (χ2n) is 18.1. The van der Waals surface area contributed by atoms with Crippen molar-refractivity contribution in [2.75, 3.05) is 6.79 Å². The summed E-state index contributed by atoms with van der Waals surface area (Å²) in [7, 11) is 0. The molecule has 0 saturated carbocycles. The minimum Gasteiger partial charge on any atom is -0.508 e. The first kappa shape index (κ1) is 52.0. The summed E-state index contributed by atoms with van der Waals surface area (Å²) in [6.07, 6.45) is 0. The molecule has 0 saturated heterocycles. The number of fused-ring (bicyclic) bond motifs is 2. The quantitative estimate of drug-likeness (QED) is 0.115. The Morgan fingerprint density at radius 2 is 1.12 bits per heavy atom. The molecule has 348 valence electrons. The van der Waals surface area contributed by atoms with Crippen LogP contribution in [0.1, 0.15) is 143 Å². The van der Waals surface area contributed by atoms with Gasteiger partial charge in [0, 0.05) is 17.2 Å². The van der Waals surface area contributed by atoms with Crippen molar-refractivity contribution >= 4 is 16.5 Å². The highest BCUT2D eigenvalue weighted by Gasteiger charge is 2.15. The molecule has 0 spiro atoms. The van der Waals surface area contributed by atoms with Crippen LogP contribution in [0.5, 0.6) is 23.0 Å². The Balaban J connectivity index is 0.000000183. The molecule has 1 heterocycles. The van der Waals surface area contributed by atoms with Gasteiger partial charge in [0.1, 0.15) is 18.1 Å². The van der Waals surface area contributed by atoms with Crippen molar-refractivity contribution in [3.05, 3.63) is 206 Å². The smallest absolute Gasteiger partial charge is 0.272 e. The summed E-state index contributed by atoms with van der Waals surface area (Å²) in [5.41, 5.74) is 9.97. The van der Waals surface area contributed by atoms with Crippen molar-refractivity contribution in [3.63, 3.8) is 0 Å². The molecule has 0 amide bonds. The van der Waals surface area contributed by atoms with Crippen molar-refractivity contribution in [2.45, 2.75) is 119 Å². The number of para-hydroxylation sites is 1. The Morgan fingerprint density at radius 1 is 0.561 bits per heavy atom. The third kappa shape index (κ3) is 15.5. The molecule has 66 heavy (non-hydrogen) atoms. The van der Waals surface area contributed by atoms with Gasteiger partial charge in [-0.25, -0.2) is 0 Å². The zero-order valence-corrected chi connectivity index (χ0v) is 41.2. The first-order chi connectivity index (χ1) is 31.5. The Bertz CT molecular complexity index is 2580. The van der Waals surface area contributed by atoms with E-state index < -0.39 is 0 Å². The molecule has 0 bridgehead atoms. The van der Waals surface area contributed by atoms with Crippen molar-refractivity contribution in [1.29, 1.82) is 0 Å². The van der Waals surface area contributed by atoms with Gasteiger partial charge in [0.05, 0.1) is 4.92 Å². The molecule has 0 aromatic heterocycles. The molecule has 0 fully saturated rings. The van der Waals surface area contributed by atoms with Crippen molar-refractivity contribution < 1.29 is 24.2 Å². The molecule has 1 aliphatic heterocycles. The monoisotopic (exact) mass is 890 g/mol. The maximum absolute atomic E-state index is 10.5. The molecule has 7 nitrogen and oxygen atoms in total. The van der Waals surface area contributed by atoms with Crippen molar-refractivity contribution in [2.24, 2.45) is 0 Å². The van der Waals surface area contributed by atoms with E-state index in [1.807, 2.05) is 68.4 Å². The maximum atomic E-state index is 10.5. The van der Waals surface area contributed by atoms with Crippen LogP contribution in [0.2, 0.25) is 0 Å². The van der Waals surface area contributed by atoms with E-state index in [0.717, 1.165) is 33.8 Å². The van der Waals surface area contributed by atoms with Gasteiger partial charge in [-0.1, -0.05) is 191 Å². The van der Waals surface area contributed by atoms with Crippen LogP contribution in [0.15, 0.2) is 152 Å². The molecular formula is C59H71NO6. The first-order valence-corrected chi connectivity index (χ1v) is 23.1. The fourth-order valence-corrected chi connectivity index (χ4v) is 7.47. The predicted molar refractivity (Wildman–Crippen MR) is 275 cm³/mol. The largest absolute Gasteiger partial charge is 0.508 e. The van der Waals surface area contributed by atoms with Gasteiger partial charge in [0.15, 0.2) is 11.5 Å². The zero-order valence-electron chi connectivity index (χ0n) is 41.2. The van der Waals surface area contributed by atoms with Crippen LogP contribution < -0.4 is 14.2 Å². The molecule has 7 heteroatoms. The summed E-state index contributed by atoms with van der Waals surface area (Å²) in [5.74, 6) is 5.42. The summed E-state index contributed by atoms with van der Waals surface area (Å²) >= 11 is 0. The van der Waals surface area contributed by atoms with Gasteiger partial charge in [-0.3, -0.25) is 10.1 Å². The SMILES string of the molecule is CC(C)c1c(O)ccc2ccccc12.CC(C)c1ccc2c(c1)OCO2.CC(C)c1ccccc1[N+](=O)[O-].Cc1cc(C(C)C)ccc1OCc1ccccc1.Cc1ccccc1C(C)C. The van der Waals surface area contributed by atoms with Gasteiger partial charge in [0.25, 0.3) is 5.69 Å². The molecule has 0 atom stereocenters. The van der Waals surface area contributed by atoms with E-state index >= 15 is 0 Å². The van der Waals surface area contributed by atoms with Crippen LogP contribution in [0.25, 0.3) is 10.8 Å². The third-order valence-corrected chi connectivity index (χ3v) is 11.3. The zero-order chi connectivity index (χ0) is 48.3. The number of hydrogen-bond acceptors (Lipinski definition) is 6. The topological polar surface area (TPSA) is 91.1 Å².